The van der Waals surface area contributed by atoms with E-state index in [0.29, 0.717) is 5.92 Å². The summed E-state index contributed by atoms with van der Waals surface area (Å²) in [6.45, 7) is 7.15. The van der Waals surface area contributed by atoms with Crippen LogP contribution in [-0.2, 0) is 0 Å². The molecular formula is C13H21NO. The smallest absolute Gasteiger partial charge is 0.119 e. The number of rotatable bonds is 5. The van der Waals surface area contributed by atoms with Crippen molar-refractivity contribution in [3.05, 3.63) is 29.8 Å². The number of hydrogen-bond donors (Lipinski definition) is 1. The minimum absolute atomic E-state index is 0.0682. The maximum Gasteiger partial charge on any atom is 0.119 e. The first-order valence-corrected chi connectivity index (χ1v) is 5.58. The summed E-state index contributed by atoms with van der Waals surface area (Å²) in [6.07, 6.45) is 1.09. The van der Waals surface area contributed by atoms with Gasteiger partial charge in [0.1, 0.15) is 5.75 Å². The Balaban J connectivity index is 2.50. The van der Waals surface area contributed by atoms with Crippen molar-refractivity contribution in [2.75, 3.05) is 6.61 Å². The highest BCUT2D eigenvalue weighted by atomic mass is 16.5. The van der Waals surface area contributed by atoms with Crippen molar-refractivity contribution < 1.29 is 4.74 Å². The minimum atomic E-state index is 0.0682. The lowest BCUT2D eigenvalue weighted by molar-refractivity contribution is 0.289. The quantitative estimate of drug-likeness (QED) is 0.805. The minimum Gasteiger partial charge on any atom is -0.494 e. The zero-order valence-corrected chi connectivity index (χ0v) is 9.86. The third-order valence-electron chi connectivity index (χ3n) is 2.35. The second-order valence-corrected chi connectivity index (χ2v) is 4.39. The van der Waals surface area contributed by atoms with Gasteiger partial charge in [0.25, 0.3) is 0 Å². The molecule has 15 heavy (non-hydrogen) atoms. The molecule has 84 valence electrons. The molecule has 1 unspecified atom stereocenters. The van der Waals surface area contributed by atoms with Gasteiger partial charge in [0.2, 0.25) is 0 Å². The molecule has 0 fully saturated rings. The van der Waals surface area contributed by atoms with E-state index in [0.717, 1.165) is 24.3 Å². The average molecular weight is 207 g/mol. The van der Waals surface area contributed by atoms with Gasteiger partial charge in [-0.3, -0.25) is 0 Å². The van der Waals surface area contributed by atoms with Gasteiger partial charge in [-0.25, -0.2) is 0 Å². The normalized spacial score (nSPS) is 12.9. The molecule has 0 aliphatic heterocycles. The summed E-state index contributed by atoms with van der Waals surface area (Å²) in [6, 6.07) is 8.08. The van der Waals surface area contributed by atoms with Crippen LogP contribution in [0.4, 0.5) is 0 Å². The van der Waals surface area contributed by atoms with Crippen molar-refractivity contribution in [2.24, 2.45) is 11.7 Å². The molecule has 0 aliphatic carbocycles. The van der Waals surface area contributed by atoms with Crippen molar-refractivity contribution in [1.82, 2.24) is 0 Å². The van der Waals surface area contributed by atoms with E-state index < -0.39 is 0 Å². The molecule has 1 aromatic rings. The van der Waals surface area contributed by atoms with Crippen molar-refractivity contribution in [3.8, 4) is 5.75 Å². The second kappa shape index (κ2) is 5.76. The first kappa shape index (κ1) is 12.1. The standard InChI is InChI=1S/C13H21NO/c1-10(2)7-8-15-13-6-4-5-12(9-13)11(3)14/h4-6,9-11H,7-8,14H2,1-3H3. The third kappa shape index (κ3) is 4.34. The van der Waals surface area contributed by atoms with Crippen LogP contribution in [0.2, 0.25) is 0 Å². The van der Waals surface area contributed by atoms with Gasteiger partial charge >= 0.3 is 0 Å². The molecule has 0 aliphatic rings. The largest absolute Gasteiger partial charge is 0.494 e. The molecule has 0 amide bonds. The van der Waals surface area contributed by atoms with E-state index in [-0.39, 0.29) is 6.04 Å². The number of nitrogens with two attached hydrogens (primary N) is 1. The molecule has 0 radical (unpaired) electrons. The maximum atomic E-state index is 5.80. The predicted molar refractivity (Wildman–Crippen MR) is 64.0 cm³/mol. The molecular weight excluding hydrogens is 186 g/mol. The molecule has 0 aromatic heterocycles. The van der Waals surface area contributed by atoms with E-state index in [1.165, 1.54) is 0 Å². The van der Waals surface area contributed by atoms with E-state index in [1.807, 2.05) is 31.2 Å². The Bertz CT molecular complexity index is 294. The Labute approximate surface area is 92.4 Å². The zero-order valence-electron chi connectivity index (χ0n) is 9.86. The summed E-state index contributed by atoms with van der Waals surface area (Å²) < 4.78 is 5.65. The van der Waals surface area contributed by atoms with Gasteiger partial charge in [0.05, 0.1) is 6.61 Å². The van der Waals surface area contributed by atoms with E-state index in [9.17, 15) is 0 Å². The molecule has 0 saturated carbocycles. The summed E-state index contributed by atoms with van der Waals surface area (Å²) in [5.41, 5.74) is 6.93. The van der Waals surface area contributed by atoms with Crippen LogP contribution in [0, 0.1) is 5.92 Å². The fourth-order valence-corrected chi connectivity index (χ4v) is 1.30. The van der Waals surface area contributed by atoms with Crippen LogP contribution in [0.1, 0.15) is 38.8 Å². The van der Waals surface area contributed by atoms with Crippen LogP contribution in [-0.4, -0.2) is 6.61 Å². The third-order valence-corrected chi connectivity index (χ3v) is 2.35. The monoisotopic (exact) mass is 207 g/mol. The Kier molecular flexibility index (Phi) is 4.63. The summed E-state index contributed by atoms with van der Waals surface area (Å²) >= 11 is 0. The Morgan fingerprint density at radius 3 is 2.60 bits per heavy atom. The first-order valence-electron chi connectivity index (χ1n) is 5.58. The fraction of sp³-hybridized carbons (Fsp3) is 0.538. The molecule has 1 atom stereocenters. The summed E-state index contributed by atoms with van der Waals surface area (Å²) in [5.74, 6) is 1.60. The molecule has 1 aromatic carbocycles. The van der Waals surface area contributed by atoms with E-state index in [4.69, 9.17) is 10.5 Å². The molecule has 0 spiro atoms. The first-order chi connectivity index (χ1) is 7.09. The summed E-state index contributed by atoms with van der Waals surface area (Å²) in [5, 5.41) is 0. The number of ether oxygens (including phenoxy) is 1. The fourth-order valence-electron chi connectivity index (χ4n) is 1.30. The zero-order chi connectivity index (χ0) is 11.3. The van der Waals surface area contributed by atoms with Gasteiger partial charge in [-0.05, 0) is 37.0 Å². The number of benzene rings is 1. The van der Waals surface area contributed by atoms with Crippen LogP contribution in [0.25, 0.3) is 0 Å². The Morgan fingerprint density at radius 2 is 2.00 bits per heavy atom. The molecule has 0 heterocycles. The Hall–Kier alpha value is -1.02. The maximum absolute atomic E-state index is 5.80. The molecule has 0 saturated heterocycles. The van der Waals surface area contributed by atoms with Gasteiger partial charge in [-0.2, -0.15) is 0 Å². The molecule has 2 nitrogen and oxygen atoms in total. The van der Waals surface area contributed by atoms with Crippen molar-refractivity contribution in [2.45, 2.75) is 33.2 Å². The van der Waals surface area contributed by atoms with Crippen LogP contribution >= 0.6 is 0 Å². The highest BCUT2D eigenvalue weighted by Gasteiger charge is 2.01. The van der Waals surface area contributed by atoms with Crippen LogP contribution in [0.5, 0.6) is 5.75 Å². The van der Waals surface area contributed by atoms with Crippen LogP contribution in [0.3, 0.4) is 0 Å². The lowest BCUT2D eigenvalue weighted by atomic mass is 10.1. The average Bonchev–Trinajstić information content (AvgIpc) is 2.17. The van der Waals surface area contributed by atoms with Gasteiger partial charge in [0, 0.05) is 6.04 Å². The van der Waals surface area contributed by atoms with Crippen molar-refractivity contribution in [1.29, 1.82) is 0 Å². The predicted octanol–water partition coefficient (Wildman–Crippen LogP) is 3.13. The molecule has 0 bridgehead atoms. The molecule has 2 N–H and O–H groups in total. The van der Waals surface area contributed by atoms with Gasteiger partial charge in [0.15, 0.2) is 0 Å². The SMILES string of the molecule is CC(C)CCOc1cccc(C(C)N)c1. The summed E-state index contributed by atoms with van der Waals surface area (Å²) in [7, 11) is 0. The van der Waals surface area contributed by atoms with Crippen molar-refractivity contribution >= 4 is 0 Å². The lowest BCUT2D eigenvalue weighted by Crippen LogP contribution is -2.06. The topological polar surface area (TPSA) is 35.2 Å². The highest BCUT2D eigenvalue weighted by Crippen LogP contribution is 2.18. The van der Waals surface area contributed by atoms with Crippen LogP contribution < -0.4 is 10.5 Å². The second-order valence-electron chi connectivity index (χ2n) is 4.39. The molecule has 1 rings (SSSR count). The van der Waals surface area contributed by atoms with E-state index in [2.05, 4.69) is 13.8 Å². The van der Waals surface area contributed by atoms with E-state index >= 15 is 0 Å². The van der Waals surface area contributed by atoms with Gasteiger partial charge < -0.3 is 10.5 Å². The Morgan fingerprint density at radius 1 is 1.27 bits per heavy atom. The number of hydrogen-bond acceptors (Lipinski definition) is 2. The van der Waals surface area contributed by atoms with Gasteiger partial charge in [-0.1, -0.05) is 26.0 Å². The molecule has 2 heteroatoms. The highest BCUT2D eigenvalue weighted by molar-refractivity contribution is 5.30. The van der Waals surface area contributed by atoms with Gasteiger partial charge in [-0.15, -0.1) is 0 Å². The van der Waals surface area contributed by atoms with Crippen molar-refractivity contribution in [3.63, 3.8) is 0 Å². The summed E-state index contributed by atoms with van der Waals surface area (Å²) in [4.78, 5) is 0. The van der Waals surface area contributed by atoms with E-state index in [1.54, 1.807) is 0 Å². The lowest BCUT2D eigenvalue weighted by Gasteiger charge is -2.10. The van der Waals surface area contributed by atoms with Crippen LogP contribution in [0.15, 0.2) is 24.3 Å².